The fourth-order valence-electron chi connectivity index (χ4n) is 5.64. The van der Waals surface area contributed by atoms with Gasteiger partial charge in [-0.2, -0.15) is 0 Å². The van der Waals surface area contributed by atoms with Gasteiger partial charge in [-0.3, -0.25) is 24.1 Å². The summed E-state index contributed by atoms with van der Waals surface area (Å²) in [5.41, 5.74) is 0.539. The van der Waals surface area contributed by atoms with Gasteiger partial charge < -0.3 is 20.2 Å². The topological polar surface area (TPSA) is 110 Å². The van der Waals surface area contributed by atoms with Gasteiger partial charge in [0.1, 0.15) is 6.04 Å². The molecule has 2 fully saturated rings. The number of likely N-dealkylation sites (N-methyl/N-ethyl adjacent to an activating group) is 1. The van der Waals surface area contributed by atoms with E-state index in [1.165, 1.54) is 0 Å². The van der Waals surface area contributed by atoms with Crippen LogP contribution in [0.4, 0.5) is 0 Å². The van der Waals surface area contributed by atoms with Gasteiger partial charge in [0.2, 0.25) is 17.7 Å². The van der Waals surface area contributed by atoms with Gasteiger partial charge in [0.05, 0.1) is 18.0 Å². The lowest BCUT2D eigenvalue weighted by molar-refractivity contribution is -0.145. The van der Waals surface area contributed by atoms with Gasteiger partial charge in [0.25, 0.3) is 0 Å². The zero-order valence-electron chi connectivity index (χ0n) is 24.7. The van der Waals surface area contributed by atoms with Crippen molar-refractivity contribution in [3.63, 3.8) is 0 Å². The van der Waals surface area contributed by atoms with Crippen LogP contribution >= 0.6 is 0 Å². The van der Waals surface area contributed by atoms with E-state index < -0.39 is 17.9 Å². The first-order chi connectivity index (χ1) is 17.8. The normalized spacial score (nSPS) is 21.5. The standard InChI is InChI=1S/C29H50N4O5/c1-18(2)24(17-21(7)27(35)32-15-12-22(13-16-32)29(37)38)31(8)28(36)25(19(3)4)30-26(34)23-11-9-10-14-33(23)20(5)6/h17-20,22-25H,9-16H2,1-8H3,(H,30,34)(H,37,38)/t23-,24-,25+/m1/s1. The lowest BCUT2D eigenvalue weighted by atomic mass is 9.94. The molecule has 2 aliphatic rings. The average Bonchev–Trinajstić information content (AvgIpc) is 2.88. The lowest BCUT2D eigenvalue weighted by Crippen LogP contribution is -2.58. The number of hydrogen-bond acceptors (Lipinski definition) is 5. The highest BCUT2D eigenvalue weighted by Gasteiger charge is 2.36. The number of aliphatic carboxylic acids is 1. The van der Waals surface area contributed by atoms with Crippen molar-refractivity contribution in [2.24, 2.45) is 17.8 Å². The minimum absolute atomic E-state index is 0.0442. The van der Waals surface area contributed by atoms with Crippen LogP contribution in [-0.4, -0.2) is 94.3 Å². The van der Waals surface area contributed by atoms with Crippen molar-refractivity contribution in [2.75, 3.05) is 26.7 Å². The first-order valence-corrected chi connectivity index (χ1v) is 14.3. The molecule has 0 bridgehead atoms. The third-order valence-electron chi connectivity index (χ3n) is 8.11. The number of amides is 3. The van der Waals surface area contributed by atoms with Gasteiger partial charge in [-0.15, -0.1) is 0 Å². The SMILES string of the molecule is CC(=C[C@H](C(C)C)N(C)C(=O)[C@@H](NC(=O)[C@H]1CCCCN1C(C)C)C(C)C)C(=O)N1CCC(C(=O)O)CC1. The molecule has 2 heterocycles. The van der Waals surface area contributed by atoms with Gasteiger partial charge in [-0.05, 0) is 64.8 Å². The monoisotopic (exact) mass is 534 g/mol. The number of carbonyl (C=O) groups is 4. The number of nitrogens with one attached hydrogen (secondary N) is 1. The highest BCUT2D eigenvalue weighted by atomic mass is 16.4. The predicted molar refractivity (Wildman–Crippen MR) is 148 cm³/mol. The van der Waals surface area contributed by atoms with Gasteiger partial charge in [-0.25, -0.2) is 0 Å². The fourth-order valence-corrected chi connectivity index (χ4v) is 5.64. The summed E-state index contributed by atoms with van der Waals surface area (Å²) in [6, 6.07) is -0.964. The molecule has 0 unspecified atom stereocenters. The maximum atomic E-state index is 13.7. The summed E-state index contributed by atoms with van der Waals surface area (Å²) in [5, 5.41) is 12.3. The smallest absolute Gasteiger partial charge is 0.306 e. The molecule has 0 aromatic heterocycles. The summed E-state index contributed by atoms with van der Waals surface area (Å²) in [5.74, 6) is -1.65. The molecule has 3 amide bonds. The molecule has 2 aliphatic heterocycles. The fraction of sp³-hybridized carbons (Fsp3) is 0.793. The highest BCUT2D eigenvalue weighted by Crippen LogP contribution is 2.23. The van der Waals surface area contributed by atoms with E-state index >= 15 is 0 Å². The Morgan fingerprint density at radius 2 is 1.53 bits per heavy atom. The van der Waals surface area contributed by atoms with Crippen LogP contribution in [0.1, 0.15) is 80.6 Å². The largest absolute Gasteiger partial charge is 0.481 e. The Kier molecular flexibility index (Phi) is 11.8. The van der Waals surface area contributed by atoms with Crippen LogP contribution in [-0.2, 0) is 19.2 Å². The molecule has 2 saturated heterocycles. The molecule has 0 saturated carbocycles. The molecule has 0 aromatic carbocycles. The molecule has 9 nitrogen and oxygen atoms in total. The van der Waals surface area contributed by atoms with E-state index in [9.17, 15) is 24.3 Å². The van der Waals surface area contributed by atoms with E-state index in [1.807, 2.05) is 33.8 Å². The molecule has 0 aromatic rings. The van der Waals surface area contributed by atoms with Gasteiger partial charge in [0.15, 0.2) is 0 Å². The third-order valence-corrected chi connectivity index (χ3v) is 8.11. The van der Waals surface area contributed by atoms with Gasteiger partial charge in [0, 0.05) is 31.8 Å². The maximum absolute atomic E-state index is 13.7. The summed E-state index contributed by atoms with van der Waals surface area (Å²) in [6.07, 6.45) is 5.62. The third kappa shape index (κ3) is 8.04. The van der Waals surface area contributed by atoms with E-state index in [2.05, 4.69) is 24.1 Å². The number of piperidine rings is 2. The molecule has 2 N–H and O–H groups in total. The Morgan fingerprint density at radius 1 is 0.921 bits per heavy atom. The van der Waals surface area contributed by atoms with Crippen molar-refractivity contribution in [3.05, 3.63) is 11.6 Å². The van der Waals surface area contributed by atoms with Crippen LogP contribution in [0.15, 0.2) is 11.6 Å². The number of rotatable bonds is 10. The summed E-state index contributed by atoms with van der Waals surface area (Å²) in [4.78, 5) is 57.0. The van der Waals surface area contributed by atoms with Crippen molar-refractivity contribution in [2.45, 2.75) is 105 Å². The number of carbonyl (C=O) groups excluding carboxylic acids is 3. The second-order valence-electron chi connectivity index (χ2n) is 12.0. The molecule has 0 spiro atoms. The second-order valence-corrected chi connectivity index (χ2v) is 12.0. The van der Waals surface area contributed by atoms with Gasteiger partial charge >= 0.3 is 5.97 Å². The van der Waals surface area contributed by atoms with Crippen LogP contribution in [0, 0.1) is 17.8 Å². The van der Waals surface area contributed by atoms with E-state index in [4.69, 9.17) is 0 Å². The summed E-state index contributed by atoms with van der Waals surface area (Å²) < 4.78 is 0. The summed E-state index contributed by atoms with van der Waals surface area (Å²) >= 11 is 0. The first-order valence-electron chi connectivity index (χ1n) is 14.3. The summed E-state index contributed by atoms with van der Waals surface area (Å²) in [6.45, 7) is 15.6. The number of nitrogens with zero attached hydrogens (tertiary/aromatic N) is 3. The Morgan fingerprint density at radius 3 is 2.03 bits per heavy atom. The minimum atomic E-state index is -0.809. The number of carboxylic acid groups (broad SMARTS) is 1. The summed E-state index contributed by atoms with van der Waals surface area (Å²) in [7, 11) is 1.74. The predicted octanol–water partition coefficient (Wildman–Crippen LogP) is 3.14. The quantitative estimate of drug-likeness (QED) is 0.417. The van der Waals surface area contributed by atoms with Crippen LogP contribution in [0.5, 0.6) is 0 Å². The van der Waals surface area contributed by atoms with Gasteiger partial charge in [-0.1, -0.05) is 40.2 Å². The lowest BCUT2D eigenvalue weighted by Gasteiger charge is -2.39. The van der Waals surface area contributed by atoms with Crippen LogP contribution in [0.25, 0.3) is 0 Å². The van der Waals surface area contributed by atoms with E-state index in [1.54, 1.807) is 23.8 Å². The molecule has 38 heavy (non-hydrogen) atoms. The Labute approximate surface area is 229 Å². The van der Waals surface area contributed by atoms with Crippen LogP contribution in [0.2, 0.25) is 0 Å². The second kappa shape index (κ2) is 14.1. The maximum Gasteiger partial charge on any atom is 0.306 e. The van der Waals surface area contributed by atoms with Crippen LogP contribution < -0.4 is 5.32 Å². The molecule has 2 rings (SSSR count). The molecule has 3 atom stereocenters. The van der Waals surface area contributed by atoms with Crippen LogP contribution in [0.3, 0.4) is 0 Å². The number of carboxylic acids is 1. The van der Waals surface area contributed by atoms with E-state index in [-0.39, 0.29) is 47.7 Å². The molecule has 216 valence electrons. The van der Waals surface area contributed by atoms with Crippen molar-refractivity contribution in [1.82, 2.24) is 20.0 Å². The number of hydrogen-bond donors (Lipinski definition) is 2. The Bertz CT molecular complexity index is 876. The van der Waals surface area contributed by atoms with Crippen molar-refractivity contribution in [1.29, 1.82) is 0 Å². The van der Waals surface area contributed by atoms with Crippen molar-refractivity contribution >= 4 is 23.7 Å². The minimum Gasteiger partial charge on any atom is -0.481 e. The molecular formula is C29H50N4O5. The Hall–Kier alpha value is -2.42. The highest BCUT2D eigenvalue weighted by molar-refractivity contribution is 5.93. The van der Waals surface area contributed by atoms with E-state index in [0.29, 0.717) is 31.5 Å². The average molecular weight is 535 g/mol. The first kappa shape index (κ1) is 31.8. The van der Waals surface area contributed by atoms with Crippen molar-refractivity contribution < 1.29 is 24.3 Å². The van der Waals surface area contributed by atoms with Crippen molar-refractivity contribution in [3.8, 4) is 0 Å². The number of likely N-dealkylation sites (tertiary alicyclic amines) is 2. The zero-order chi connectivity index (χ0) is 28.7. The molecule has 9 heteroatoms. The van der Waals surface area contributed by atoms with E-state index in [0.717, 1.165) is 25.8 Å². The zero-order valence-corrected chi connectivity index (χ0v) is 24.7. The molecule has 0 radical (unpaired) electrons. The molecule has 0 aliphatic carbocycles. The Balaban J connectivity index is 2.15. The molecular weight excluding hydrogens is 484 g/mol.